The molecule has 0 saturated heterocycles. The van der Waals surface area contributed by atoms with Gasteiger partial charge in [-0.25, -0.2) is 14.3 Å². The van der Waals surface area contributed by atoms with E-state index in [9.17, 15) is 14.4 Å². The molecule has 180 valence electrons. The van der Waals surface area contributed by atoms with E-state index < -0.39 is 11.2 Å². The van der Waals surface area contributed by atoms with Gasteiger partial charge in [0.25, 0.3) is 11.5 Å². The van der Waals surface area contributed by atoms with Crippen LogP contribution < -0.4 is 16.0 Å². The molecule has 0 spiro atoms. The van der Waals surface area contributed by atoms with Crippen molar-refractivity contribution >= 4 is 16.9 Å². The Morgan fingerprint density at radius 3 is 2.37 bits per heavy atom. The Morgan fingerprint density at radius 2 is 1.71 bits per heavy atom. The van der Waals surface area contributed by atoms with Crippen molar-refractivity contribution in [3.05, 3.63) is 98.3 Å². The van der Waals surface area contributed by atoms with E-state index in [1.807, 2.05) is 38.1 Å². The maximum Gasteiger partial charge on any atom is 0.337 e. The number of nitrogens with zero attached hydrogens (tertiary/aromatic N) is 4. The lowest BCUT2D eigenvalue weighted by molar-refractivity contribution is 0.0774. The number of rotatable bonds is 7. The number of para-hydroxylation sites is 1. The Hall–Kier alpha value is -4.20. The predicted molar refractivity (Wildman–Crippen MR) is 136 cm³/mol. The molecule has 0 N–H and O–H groups in total. The molecule has 0 unspecified atom stereocenters. The summed E-state index contributed by atoms with van der Waals surface area (Å²) < 4.78 is 7.86. The monoisotopic (exact) mass is 472 g/mol. The second-order valence-corrected chi connectivity index (χ2v) is 8.18. The third kappa shape index (κ3) is 4.47. The molecule has 0 aliphatic carbocycles. The third-order valence-corrected chi connectivity index (χ3v) is 5.99. The number of pyridine rings is 1. The summed E-state index contributed by atoms with van der Waals surface area (Å²) in [5, 5.41) is 0.124. The number of carbonyl (C=O) groups excluding carboxylic acids is 1. The summed E-state index contributed by atoms with van der Waals surface area (Å²) in [5.41, 5.74) is 1.15. The quantitative estimate of drug-likeness (QED) is 0.412. The zero-order chi connectivity index (χ0) is 25.1. The summed E-state index contributed by atoms with van der Waals surface area (Å²) in [7, 11) is 1.56. The van der Waals surface area contributed by atoms with Crippen molar-refractivity contribution < 1.29 is 9.53 Å². The second kappa shape index (κ2) is 9.97. The van der Waals surface area contributed by atoms with E-state index in [-0.39, 0.29) is 29.0 Å². The van der Waals surface area contributed by atoms with E-state index in [1.54, 1.807) is 55.3 Å². The fourth-order valence-corrected chi connectivity index (χ4v) is 4.21. The van der Waals surface area contributed by atoms with Crippen molar-refractivity contribution in [1.29, 1.82) is 0 Å². The first kappa shape index (κ1) is 23.9. The van der Waals surface area contributed by atoms with Crippen LogP contribution in [0, 0.1) is 6.92 Å². The number of carbonyl (C=O) groups is 1. The second-order valence-electron chi connectivity index (χ2n) is 8.18. The smallest absolute Gasteiger partial charge is 0.337 e. The van der Waals surface area contributed by atoms with Crippen molar-refractivity contribution in [2.24, 2.45) is 0 Å². The van der Waals surface area contributed by atoms with E-state index in [1.165, 1.54) is 4.57 Å². The van der Waals surface area contributed by atoms with Gasteiger partial charge in [0.1, 0.15) is 5.75 Å². The van der Waals surface area contributed by atoms with Crippen LogP contribution in [0.15, 0.2) is 70.3 Å². The molecule has 0 aliphatic rings. The first-order chi connectivity index (χ1) is 16.9. The molecular formula is C27H28N4O4. The molecule has 2 aromatic heterocycles. The van der Waals surface area contributed by atoms with Crippen LogP contribution in [-0.2, 0) is 6.54 Å². The van der Waals surface area contributed by atoms with Crippen LogP contribution in [0.2, 0.25) is 0 Å². The summed E-state index contributed by atoms with van der Waals surface area (Å²) >= 11 is 0. The maximum absolute atomic E-state index is 13.8. The van der Waals surface area contributed by atoms with E-state index in [2.05, 4.69) is 4.98 Å². The van der Waals surface area contributed by atoms with Crippen molar-refractivity contribution in [3.8, 4) is 11.4 Å². The summed E-state index contributed by atoms with van der Waals surface area (Å²) in [5.74, 6) is 0.350. The topological polar surface area (TPSA) is 86.4 Å². The molecule has 0 fully saturated rings. The zero-order valence-corrected chi connectivity index (χ0v) is 20.3. The number of benzene rings is 2. The molecule has 0 radical (unpaired) electrons. The standard InChI is InChI=1S/C27H28N4O4/c1-5-29(6-2)25(32)22-15-18(3)28-24-23(22)26(33)30(17-19-11-10-14-21(16-19)35-4)27(34)31(24)20-12-8-7-9-13-20/h7-16H,5-6,17H2,1-4H3. The third-order valence-electron chi connectivity index (χ3n) is 5.99. The Balaban J connectivity index is 2.10. The molecule has 35 heavy (non-hydrogen) atoms. The number of methoxy groups -OCH3 is 1. The van der Waals surface area contributed by atoms with Gasteiger partial charge in [0, 0.05) is 18.8 Å². The van der Waals surface area contributed by atoms with E-state index in [0.29, 0.717) is 30.2 Å². The van der Waals surface area contributed by atoms with Gasteiger partial charge in [0.2, 0.25) is 0 Å². The van der Waals surface area contributed by atoms with Crippen LogP contribution in [0.4, 0.5) is 0 Å². The largest absolute Gasteiger partial charge is 0.497 e. The minimum Gasteiger partial charge on any atom is -0.497 e. The Bertz CT molecular complexity index is 1500. The van der Waals surface area contributed by atoms with Gasteiger partial charge in [-0.2, -0.15) is 0 Å². The lowest BCUT2D eigenvalue weighted by Gasteiger charge is -2.21. The van der Waals surface area contributed by atoms with Crippen LogP contribution in [0.1, 0.15) is 35.5 Å². The van der Waals surface area contributed by atoms with Gasteiger partial charge in [-0.05, 0) is 56.7 Å². The van der Waals surface area contributed by atoms with E-state index in [0.717, 1.165) is 10.1 Å². The highest BCUT2D eigenvalue weighted by Gasteiger charge is 2.24. The highest BCUT2D eigenvalue weighted by Crippen LogP contribution is 2.20. The van der Waals surface area contributed by atoms with Gasteiger partial charge >= 0.3 is 5.69 Å². The zero-order valence-electron chi connectivity index (χ0n) is 20.3. The van der Waals surface area contributed by atoms with Crippen LogP contribution in [0.25, 0.3) is 16.7 Å². The van der Waals surface area contributed by atoms with Gasteiger partial charge in [0.05, 0.1) is 30.3 Å². The first-order valence-corrected chi connectivity index (χ1v) is 11.5. The van der Waals surface area contributed by atoms with Gasteiger partial charge < -0.3 is 9.64 Å². The minimum atomic E-state index is -0.553. The maximum atomic E-state index is 13.8. The average molecular weight is 473 g/mol. The molecule has 0 atom stereocenters. The highest BCUT2D eigenvalue weighted by molar-refractivity contribution is 6.05. The molecule has 8 heteroatoms. The summed E-state index contributed by atoms with van der Waals surface area (Å²) in [4.78, 5) is 47.3. The van der Waals surface area contributed by atoms with Gasteiger partial charge in [-0.3, -0.25) is 14.2 Å². The van der Waals surface area contributed by atoms with Crippen molar-refractivity contribution in [1.82, 2.24) is 19.0 Å². The van der Waals surface area contributed by atoms with Crippen LogP contribution in [0.3, 0.4) is 0 Å². The molecule has 0 bridgehead atoms. The van der Waals surface area contributed by atoms with Gasteiger partial charge in [-0.1, -0.05) is 30.3 Å². The van der Waals surface area contributed by atoms with Crippen LogP contribution >= 0.6 is 0 Å². The SMILES string of the molecule is CCN(CC)C(=O)c1cc(C)nc2c1c(=O)n(Cc1cccc(OC)c1)c(=O)n2-c1ccccc1. The molecule has 4 aromatic rings. The molecular weight excluding hydrogens is 444 g/mol. The summed E-state index contributed by atoms with van der Waals surface area (Å²) in [6.45, 7) is 6.53. The number of hydrogen-bond donors (Lipinski definition) is 0. The number of aromatic nitrogens is 3. The minimum absolute atomic E-state index is 0.0183. The number of fused-ring (bicyclic) bond motifs is 1. The highest BCUT2D eigenvalue weighted by atomic mass is 16.5. The van der Waals surface area contributed by atoms with Crippen LogP contribution in [0.5, 0.6) is 5.75 Å². The van der Waals surface area contributed by atoms with Crippen molar-refractivity contribution in [2.75, 3.05) is 20.2 Å². The number of ether oxygens (including phenoxy) is 1. The van der Waals surface area contributed by atoms with Gasteiger partial charge in [0.15, 0.2) is 5.65 Å². The normalized spacial score (nSPS) is 11.0. The molecule has 4 rings (SSSR count). The van der Waals surface area contributed by atoms with E-state index in [4.69, 9.17) is 4.74 Å². The molecule has 2 aromatic carbocycles. The Kier molecular flexibility index (Phi) is 6.82. The number of amides is 1. The summed E-state index contributed by atoms with van der Waals surface area (Å²) in [6.07, 6.45) is 0. The average Bonchev–Trinajstić information content (AvgIpc) is 2.87. The van der Waals surface area contributed by atoms with Gasteiger partial charge in [-0.15, -0.1) is 0 Å². The molecule has 0 aliphatic heterocycles. The Morgan fingerprint density at radius 1 is 1.00 bits per heavy atom. The first-order valence-electron chi connectivity index (χ1n) is 11.5. The van der Waals surface area contributed by atoms with Crippen molar-refractivity contribution in [3.63, 3.8) is 0 Å². The molecule has 2 heterocycles. The Labute approximate surface area is 203 Å². The number of aryl methyl sites for hydroxylation is 1. The fraction of sp³-hybridized carbons (Fsp3) is 0.259. The van der Waals surface area contributed by atoms with E-state index >= 15 is 0 Å². The summed E-state index contributed by atoms with van der Waals surface area (Å²) in [6, 6.07) is 17.8. The predicted octanol–water partition coefficient (Wildman–Crippen LogP) is 3.39. The lowest BCUT2D eigenvalue weighted by atomic mass is 10.1. The lowest BCUT2D eigenvalue weighted by Crippen LogP contribution is -2.41. The van der Waals surface area contributed by atoms with Crippen LogP contribution in [-0.4, -0.2) is 45.1 Å². The molecule has 1 amide bonds. The van der Waals surface area contributed by atoms with Crippen molar-refractivity contribution in [2.45, 2.75) is 27.3 Å². The molecule has 0 saturated carbocycles. The fourth-order valence-electron chi connectivity index (χ4n) is 4.21. The number of hydrogen-bond acceptors (Lipinski definition) is 5. The molecule has 8 nitrogen and oxygen atoms in total.